The Hall–Kier alpha value is -3.23. The molecule has 0 bridgehead atoms. The maximum Gasteiger partial charge on any atom is 0.407 e. The number of amides is 1. The fraction of sp³-hybridized carbons (Fsp3) is 0.562. The lowest BCUT2D eigenvalue weighted by Crippen LogP contribution is -2.52. The van der Waals surface area contributed by atoms with Crippen LogP contribution in [0.4, 0.5) is 4.79 Å². The Morgan fingerprint density at radius 2 is 1.87 bits per heavy atom. The molecule has 2 saturated heterocycles. The summed E-state index contributed by atoms with van der Waals surface area (Å²) in [4.78, 5) is 24.9. The van der Waals surface area contributed by atoms with E-state index in [0.717, 1.165) is 5.56 Å². The van der Waals surface area contributed by atoms with Crippen molar-refractivity contribution < 1.29 is 46.8 Å². The van der Waals surface area contributed by atoms with Gasteiger partial charge in [-0.1, -0.05) is 44.2 Å². The summed E-state index contributed by atoms with van der Waals surface area (Å²) in [7, 11) is -4.17. The molecule has 3 heterocycles. The van der Waals surface area contributed by atoms with E-state index in [1.165, 1.54) is 29.4 Å². The molecule has 12 nitrogen and oxygen atoms in total. The van der Waals surface area contributed by atoms with E-state index in [1.807, 2.05) is 44.2 Å². The molecule has 3 aliphatic heterocycles. The van der Waals surface area contributed by atoms with Crippen molar-refractivity contribution in [2.45, 2.75) is 75.9 Å². The third-order valence-corrected chi connectivity index (χ3v) is 10.2. The van der Waals surface area contributed by atoms with Gasteiger partial charge in [0.05, 0.1) is 36.2 Å². The lowest BCUT2D eigenvalue weighted by molar-refractivity contribution is -0.117. The number of carbonyl (C=O) groups is 2. The van der Waals surface area contributed by atoms with Crippen LogP contribution in [0.15, 0.2) is 53.4 Å². The summed E-state index contributed by atoms with van der Waals surface area (Å²) in [5, 5.41) is 14.5. The highest BCUT2D eigenvalue weighted by atomic mass is 32.2. The van der Waals surface area contributed by atoms with Crippen LogP contribution in [0.25, 0.3) is 0 Å². The van der Waals surface area contributed by atoms with Gasteiger partial charge in [0, 0.05) is 25.6 Å². The number of aliphatic hydroxyl groups excluding tert-OH is 1. The first-order valence-corrected chi connectivity index (χ1v) is 16.7. The van der Waals surface area contributed by atoms with Crippen LogP contribution in [0.3, 0.4) is 0 Å². The zero-order chi connectivity index (χ0) is 32.2. The number of hydrogen-bond acceptors (Lipinski definition) is 10. The second kappa shape index (κ2) is 14.0. The Morgan fingerprint density at radius 3 is 2.62 bits per heavy atom. The highest BCUT2D eigenvalue weighted by molar-refractivity contribution is 7.89. The second-order valence-electron chi connectivity index (χ2n) is 12.7. The fourth-order valence-corrected chi connectivity index (χ4v) is 7.53. The summed E-state index contributed by atoms with van der Waals surface area (Å²) < 4.78 is 57.1. The molecule has 0 radical (unpaired) electrons. The van der Waals surface area contributed by atoms with Gasteiger partial charge in [0.2, 0.25) is 16.8 Å². The third-order valence-electron chi connectivity index (χ3n) is 8.44. The molecule has 5 atom stereocenters. The number of ketones is 1. The van der Waals surface area contributed by atoms with Gasteiger partial charge in [-0.2, -0.15) is 4.31 Å². The number of benzene rings is 2. The van der Waals surface area contributed by atoms with E-state index >= 15 is 0 Å². The van der Waals surface area contributed by atoms with Crippen LogP contribution in [0.5, 0.6) is 11.5 Å². The van der Waals surface area contributed by atoms with E-state index < -0.39 is 46.1 Å². The van der Waals surface area contributed by atoms with Crippen molar-refractivity contribution in [3.63, 3.8) is 0 Å². The van der Waals surface area contributed by atoms with Crippen molar-refractivity contribution in [2.24, 2.45) is 11.3 Å². The summed E-state index contributed by atoms with van der Waals surface area (Å²) in [5.74, 6) is 0.690. The first-order valence-electron chi connectivity index (χ1n) is 15.2. The van der Waals surface area contributed by atoms with Crippen LogP contribution >= 0.6 is 0 Å². The second-order valence-corrected chi connectivity index (χ2v) is 14.6. The van der Waals surface area contributed by atoms with E-state index in [9.17, 15) is 23.1 Å². The molecule has 2 aromatic rings. The number of ether oxygens (including phenoxy) is 5. The zero-order valence-corrected chi connectivity index (χ0v) is 26.7. The predicted octanol–water partition coefficient (Wildman–Crippen LogP) is 3.26. The molecule has 0 saturated carbocycles. The number of fused-ring (bicyclic) bond motifs is 2. The highest BCUT2D eigenvalue weighted by Crippen LogP contribution is 2.36. The highest BCUT2D eigenvalue weighted by Gasteiger charge is 2.44. The number of aliphatic hydroxyl groups is 1. The van der Waals surface area contributed by atoms with Crippen LogP contribution in [0.2, 0.25) is 0 Å². The summed E-state index contributed by atoms with van der Waals surface area (Å²) in [6.45, 7) is 5.67. The lowest BCUT2D eigenvalue weighted by atomic mass is 9.87. The van der Waals surface area contributed by atoms with E-state index in [-0.39, 0.29) is 55.9 Å². The minimum absolute atomic E-state index is 0.00192. The molecular formula is C32H42N2O10S. The monoisotopic (exact) mass is 646 g/mol. The first-order chi connectivity index (χ1) is 21.4. The molecule has 2 aromatic carbocycles. The Morgan fingerprint density at radius 1 is 1.11 bits per heavy atom. The molecule has 3 aliphatic rings. The van der Waals surface area contributed by atoms with E-state index in [0.29, 0.717) is 30.9 Å². The van der Waals surface area contributed by atoms with E-state index in [2.05, 4.69) is 5.32 Å². The van der Waals surface area contributed by atoms with E-state index in [4.69, 9.17) is 23.7 Å². The Kier molecular flexibility index (Phi) is 10.3. The van der Waals surface area contributed by atoms with Crippen LogP contribution in [0.1, 0.15) is 45.6 Å². The summed E-state index contributed by atoms with van der Waals surface area (Å²) in [6, 6.07) is 12.8. The third kappa shape index (κ3) is 8.33. The van der Waals surface area contributed by atoms with Crippen molar-refractivity contribution in [3.8, 4) is 11.5 Å². The molecule has 0 aliphatic carbocycles. The van der Waals surface area contributed by atoms with Gasteiger partial charge in [-0.3, -0.25) is 0 Å². The average molecular weight is 647 g/mol. The molecule has 0 spiro atoms. The van der Waals surface area contributed by atoms with Gasteiger partial charge in [0.1, 0.15) is 11.9 Å². The standard InChI is InChI=1S/C32H42N2O10S/c1-21(35)11-13-32(2,3)19-34(45(38,39)23-9-10-27-28(16-23)43-20-42-27)17-26(36)25(15-22-7-5-4-6-8-22)33-31(37)44-29-18-41-30-24(29)12-14-40-30/h4-10,16,24-26,29-30,36H,11-15,17-20H2,1-3H3,(H,33,37)/t24?,25-,26+,29-,30+/m0/s1. The number of nitrogens with zero attached hydrogens (tertiary/aromatic N) is 1. The molecule has 1 unspecified atom stereocenters. The maximum atomic E-state index is 14.1. The molecule has 0 aromatic heterocycles. The van der Waals surface area contributed by atoms with Crippen molar-refractivity contribution in [2.75, 3.05) is 33.1 Å². The van der Waals surface area contributed by atoms with Crippen LogP contribution in [-0.2, 0) is 35.4 Å². The van der Waals surface area contributed by atoms with Crippen molar-refractivity contribution >= 4 is 21.9 Å². The Labute approximate surface area is 264 Å². The molecule has 246 valence electrons. The van der Waals surface area contributed by atoms with Gasteiger partial charge in [-0.15, -0.1) is 0 Å². The van der Waals surface area contributed by atoms with Crippen molar-refractivity contribution in [1.29, 1.82) is 0 Å². The molecule has 1 amide bonds. The molecule has 45 heavy (non-hydrogen) atoms. The van der Waals surface area contributed by atoms with Gasteiger partial charge in [0.15, 0.2) is 17.8 Å². The Balaban J connectivity index is 1.38. The SMILES string of the molecule is CC(=O)CCC(C)(C)CN(C[C@@H](O)[C@H](Cc1ccccc1)NC(=O)O[C@H]1CO[C@H]2OCCC21)S(=O)(=O)c1ccc2c(c1)OCO2. The largest absolute Gasteiger partial charge is 0.454 e. The van der Waals surface area contributed by atoms with Crippen LogP contribution in [0, 0.1) is 11.3 Å². The summed E-state index contributed by atoms with van der Waals surface area (Å²) >= 11 is 0. The molecule has 13 heteroatoms. The molecular weight excluding hydrogens is 604 g/mol. The summed E-state index contributed by atoms with van der Waals surface area (Å²) in [5.41, 5.74) is 0.223. The quantitative estimate of drug-likeness (QED) is 0.313. The van der Waals surface area contributed by atoms with Gasteiger partial charge < -0.3 is 38.9 Å². The number of rotatable bonds is 14. The Bertz CT molecular complexity index is 1450. The summed E-state index contributed by atoms with van der Waals surface area (Å²) in [6.07, 6.45) is -1.28. The average Bonchev–Trinajstić information content (AvgIpc) is 3.74. The van der Waals surface area contributed by atoms with Crippen molar-refractivity contribution in [3.05, 3.63) is 54.1 Å². The smallest absolute Gasteiger partial charge is 0.407 e. The maximum absolute atomic E-state index is 14.1. The number of sulfonamides is 1. The van der Waals surface area contributed by atoms with Crippen LogP contribution in [-0.4, -0.2) is 87.3 Å². The molecule has 5 rings (SSSR count). The number of alkyl carbamates (subject to hydrolysis) is 1. The zero-order valence-electron chi connectivity index (χ0n) is 25.8. The first kappa shape index (κ1) is 33.1. The van der Waals surface area contributed by atoms with Gasteiger partial charge in [-0.25, -0.2) is 13.2 Å². The topological polar surface area (TPSA) is 150 Å². The minimum atomic E-state index is -4.17. The number of nitrogens with one attached hydrogen (secondary N) is 1. The predicted molar refractivity (Wildman–Crippen MR) is 162 cm³/mol. The molecule has 2 fully saturated rings. The minimum Gasteiger partial charge on any atom is -0.454 e. The number of Topliss-reactive ketones (excluding diaryl/α,β-unsaturated/α-hetero) is 1. The van der Waals surface area contributed by atoms with Crippen LogP contribution < -0.4 is 14.8 Å². The van der Waals surface area contributed by atoms with Gasteiger partial charge >= 0.3 is 6.09 Å². The lowest BCUT2D eigenvalue weighted by Gasteiger charge is -2.35. The number of carbonyl (C=O) groups excluding carboxylic acids is 2. The normalized spacial score (nSPS) is 22.2. The number of hydrogen-bond donors (Lipinski definition) is 2. The van der Waals surface area contributed by atoms with E-state index in [1.54, 1.807) is 0 Å². The van der Waals surface area contributed by atoms with Gasteiger partial charge in [-0.05, 0) is 49.3 Å². The van der Waals surface area contributed by atoms with Crippen molar-refractivity contribution in [1.82, 2.24) is 9.62 Å². The van der Waals surface area contributed by atoms with Gasteiger partial charge in [0.25, 0.3) is 0 Å². The fourth-order valence-electron chi connectivity index (χ4n) is 5.86. The molecule has 2 N–H and O–H groups in total.